The highest BCUT2D eigenvalue weighted by Gasteiger charge is 2.36. The SMILES string of the molecule is Nn1c(C(F)(F)F)cc(=O)n(-c2cc(Oc3ncc(C(F)(F)F)cc3[N+](=O)[O-])c(Cl)cc2F)c1=O. The molecule has 0 aliphatic rings. The second kappa shape index (κ2) is 8.57. The van der Waals surface area contributed by atoms with Gasteiger partial charge < -0.3 is 10.6 Å². The normalized spacial score (nSPS) is 12.0. The fourth-order valence-electron chi connectivity index (χ4n) is 2.67. The number of nitrogens with zero attached hydrogens (tertiary/aromatic N) is 4. The number of ether oxygens (including phenoxy) is 1. The number of halogens is 8. The number of nitro groups is 1. The molecule has 0 saturated heterocycles. The molecule has 3 aromatic rings. The minimum Gasteiger partial charge on any atom is -0.432 e. The highest BCUT2D eigenvalue weighted by molar-refractivity contribution is 6.32. The van der Waals surface area contributed by atoms with Crippen molar-refractivity contribution in [2.24, 2.45) is 0 Å². The van der Waals surface area contributed by atoms with Gasteiger partial charge in [-0.15, -0.1) is 0 Å². The first-order valence-corrected chi connectivity index (χ1v) is 9.00. The number of rotatable bonds is 4. The number of pyridine rings is 1. The van der Waals surface area contributed by atoms with Crippen LogP contribution in [-0.4, -0.2) is 19.2 Å². The fraction of sp³-hybridized carbons (Fsp3) is 0.118. The van der Waals surface area contributed by atoms with Gasteiger partial charge in [-0.2, -0.15) is 26.3 Å². The average molecular weight is 530 g/mol. The van der Waals surface area contributed by atoms with E-state index in [2.05, 4.69) is 4.98 Å². The zero-order valence-electron chi connectivity index (χ0n) is 16.3. The third-order valence-electron chi connectivity index (χ3n) is 4.23. The average Bonchev–Trinajstić information content (AvgIpc) is 2.72. The molecule has 0 atom stereocenters. The van der Waals surface area contributed by atoms with E-state index < -0.39 is 78.3 Å². The predicted octanol–water partition coefficient (Wildman–Crippen LogP) is 3.64. The van der Waals surface area contributed by atoms with Gasteiger partial charge in [0.15, 0.2) is 11.4 Å². The van der Waals surface area contributed by atoms with E-state index in [1.807, 2.05) is 0 Å². The van der Waals surface area contributed by atoms with Crippen molar-refractivity contribution in [1.82, 2.24) is 14.2 Å². The topological polar surface area (TPSA) is 135 Å². The number of hydrogen-bond donors (Lipinski definition) is 1. The van der Waals surface area contributed by atoms with Gasteiger partial charge >= 0.3 is 23.7 Å². The van der Waals surface area contributed by atoms with Gasteiger partial charge in [-0.05, 0) is 6.07 Å². The first-order valence-electron chi connectivity index (χ1n) is 8.62. The minimum atomic E-state index is -5.22. The van der Waals surface area contributed by atoms with E-state index in [9.17, 15) is 50.4 Å². The number of benzene rings is 1. The Morgan fingerprint density at radius 3 is 2.23 bits per heavy atom. The quantitative estimate of drug-likeness (QED) is 0.236. The molecule has 0 unspecified atom stereocenters. The molecule has 0 saturated carbocycles. The van der Waals surface area contributed by atoms with Gasteiger partial charge in [-0.3, -0.25) is 14.9 Å². The van der Waals surface area contributed by atoms with Crippen LogP contribution in [0.2, 0.25) is 5.02 Å². The summed E-state index contributed by atoms with van der Waals surface area (Å²) >= 11 is 5.78. The van der Waals surface area contributed by atoms with E-state index in [1.54, 1.807) is 0 Å². The largest absolute Gasteiger partial charge is 0.433 e. The zero-order valence-corrected chi connectivity index (χ0v) is 17.1. The van der Waals surface area contributed by atoms with Crippen molar-refractivity contribution in [2.75, 3.05) is 5.84 Å². The summed E-state index contributed by atoms with van der Waals surface area (Å²) in [6, 6.07) is 0.899. The second-order valence-corrected chi connectivity index (χ2v) is 6.90. The first-order chi connectivity index (χ1) is 16.0. The van der Waals surface area contributed by atoms with Crippen molar-refractivity contribution in [3.63, 3.8) is 0 Å². The van der Waals surface area contributed by atoms with Crippen molar-refractivity contribution in [3.8, 4) is 17.3 Å². The van der Waals surface area contributed by atoms with Crippen molar-refractivity contribution >= 4 is 17.3 Å². The van der Waals surface area contributed by atoms with Gasteiger partial charge in [0.25, 0.3) is 11.4 Å². The third-order valence-corrected chi connectivity index (χ3v) is 4.53. The van der Waals surface area contributed by atoms with Crippen LogP contribution >= 0.6 is 11.6 Å². The van der Waals surface area contributed by atoms with E-state index >= 15 is 0 Å². The van der Waals surface area contributed by atoms with Crippen LogP contribution in [0, 0.1) is 15.9 Å². The lowest BCUT2D eigenvalue weighted by Gasteiger charge is -2.15. The smallest absolute Gasteiger partial charge is 0.432 e. The number of nitrogens with two attached hydrogens (primary N) is 1. The molecule has 18 heteroatoms. The number of hydrogen-bond acceptors (Lipinski definition) is 7. The van der Waals surface area contributed by atoms with Crippen molar-refractivity contribution in [1.29, 1.82) is 0 Å². The van der Waals surface area contributed by atoms with Crippen LogP contribution < -0.4 is 21.8 Å². The van der Waals surface area contributed by atoms with E-state index in [-0.39, 0.29) is 22.9 Å². The molecule has 0 radical (unpaired) electrons. The van der Waals surface area contributed by atoms with Gasteiger partial charge in [0.2, 0.25) is 0 Å². The predicted molar refractivity (Wildman–Crippen MR) is 102 cm³/mol. The van der Waals surface area contributed by atoms with Crippen LogP contribution in [-0.2, 0) is 12.4 Å². The standard InChI is InChI=1S/C17H7ClF7N5O5/c18-7-2-8(19)9(28-13(31)4-12(17(23,24)25)29(26)15(28)32)3-11(7)35-14-10(30(33)34)1-6(5-27-14)16(20,21)22/h1-5H,26H2. The molecule has 3 rings (SSSR count). The van der Waals surface area contributed by atoms with E-state index in [0.717, 1.165) is 0 Å². The molecule has 0 amide bonds. The van der Waals surface area contributed by atoms with Crippen molar-refractivity contribution < 1.29 is 40.4 Å². The molecule has 10 nitrogen and oxygen atoms in total. The monoisotopic (exact) mass is 529 g/mol. The summed E-state index contributed by atoms with van der Waals surface area (Å²) in [5.41, 5.74) is -9.17. The Morgan fingerprint density at radius 1 is 1.06 bits per heavy atom. The van der Waals surface area contributed by atoms with Crippen molar-refractivity contribution in [2.45, 2.75) is 12.4 Å². The van der Waals surface area contributed by atoms with E-state index in [1.165, 1.54) is 0 Å². The number of nitrogen functional groups attached to an aromatic ring is 1. The van der Waals surface area contributed by atoms with Gasteiger partial charge in [-0.1, -0.05) is 11.6 Å². The molecule has 1 aromatic carbocycles. The van der Waals surface area contributed by atoms with Gasteiger partial charge in [0, 0.05) is 24.4 Å². The highest BCUT2D eigenvalue weighted by Crippen LogP contribution is 2.38. The zero-order chi connectivity index (χ0) is 26.5. The molecule has 0 bridgehead atoms. The minimum absolute atomic E-state index is 0.0914. The van der Waals surface area contributed by atoms with Crippen LogP contribution in [0.4, 0.5) is 36.4 Å². The summed E-state index contributed by atoms with van der Waals surface area (Å²) in [5.74, 6) is 1.85. The Hall–Kier alpha value is -4.15. The summed E-state index contributed by atoms with van der Waals surface area (Å²) < 4.78 is 96.3. The molecular weight excluding hydrogens is 523 g/mol. The van der Waals surface area contributed by atoms with Gasteiger partial charge in [0.1, 0.15) is 5.82 Å². The Kier molecular flexibility index (Phi) is 6.24. The van der Waals surface area contributed by atoms with Crippen LogP contribution in [0.3, 0.4) is 0 Å². The third kappa shape index (κ3) is 4.88. The number of aromatic nitrogens is 3. The van der Waals surface area contributed by atoms with E-state index in [0.29, 0.717) is 12.1 Å². The summed E-state index contributed by atoms with van der Waals surface area (Å²) in [4.78, 5) is 37.6. The summed E-state index contributed by atoms with van der Waals surface area (Å²) in [6.07, 6.45) is -10.0. The molecule has 35 heavy (non-hydrogen) atoms. The summed E-state index contributed by atoms with van der Waals surface area (Å²) in [5, 5.41) is 10.5. The molecule has 0 aliphatic carbocycles. The molecule has 2 N–H and O–H groups in total. The van der Waals surface area contributed by atoms with Crippen LogP contribution in [0.15, 0.2) is 40.1 Å². The lowest BCUT2D eigenvalue weighted by atomic mass is 10.2. The maximum atomic E-state index is 14.5. The number of alkyl halides is 6. The molecule has 186 valence electrons. The van der Waals surface area contributed by atoms with Crippen LogP contribution in [0.5, 0.6) is 11.6 Å². The van der Waals surface area contributed by atoms with Crippen LogP contribution in [0.1, 0.15) is 11.3 Å². The molecular formula is C17H7ClF7N5O5. The first kappa shape index (κ1) is 25.5. The molecule has 2 heterocycles. The van der Waals surface area contributed by atoms with Crippen LogP contribution in [0.25, 0.3) is 5.69 Å². The Bertz CT molecular complexity index is 1470. The Labute approximate surface area is 191 Å². The lowest BCUT2D eigenvalue weighted by molar-refractivity contribution is -0.386. The maximum Gasteiger partial charge on any atom is 0.433 e. The fourth-order valence-corrected chi connectivity index (χ4v) is 2.86. The second-order valence-electron chi connectivity index (χ2n) is 6.49. The molecule has 0 fully saturated rings. The molecule has 0 spiro atoms. The van der Waals surface area contributed by atoms with Gasteiger partial charge in [0.05, 0.1) is 21.2 Å². The Morgan fingerprint density at radius 2 is 1.69 bits per heavy atom. The molecule has 2 aromatic heterocycles. The van der Waals surface area contributed by atoms with Gasteiger partial charge in [-0.25, -0.2) is 23.4 Å². The maximum absolute atomic E-state index is 14.5. The Balaban J connectivity index is 2.19. The van der Waals surface area contributed by atoms with Crippen molar-refractivity contribution in [3.05, 3.63) is 83.5 Å². The highest BCUT2D eigenvalue weighted by atomic mass is 35.5. The van der Waals surface area contributed by atoms with E-state index in [4.69, 9.17) is 22.2 Å². The molecule has 0 aliphatic heterocycles. The lowest BCUT2D eigenvalue weighted by Crippen LogP contribution is -2.45. The summed E-state index contributed by atoms with van der Waals surface area (Å²) in [7, 11) is 0. The summed E-state index contributed by atoms with van der Waals surface area (Å²) in [6.45, 7) is 0.